The molecule has 134 valence electrons. The van der Waals surface area contributed by atoms with Crippen LogP contribution in [0.4, 0.5) is 17.1 Å². The minimum atomic E-state index is -0.561. The summed E-state index contributed by atoms with van der Waals surface area (Å²) in [7, 11) is 0. The van der Waals surface area contributed by atoms with E-state index in [2.05, 4.69) is 5.32 Å². The third kappa shape index (κ3) is 3.64. The fraction of sp³-hybridized carbons (Fsp3) is 0.222. The van der Waals surface area contributed by atoms with Gasteiger partial charge in [-0.05, 0) is 36.2 Å². The Hall–Kier alpha value is -3.42. The van der Waals surface area contributed by atoms with Crippen molar-refractivity contribution in [2.24, 2.45) is 0 Å². The van der Waals surface area contributed by atoms with Crippen LogP contribution in [0.3, 0.4) is 0 Å². The van der Waals surface area contributed by atoms with Crippen molar-refractivity contribution >= 4 is 28.9 Å². The van der Waals surface area contributed by atoms with Gasteiger partial charge in [0.25, 0.3) is 5.91 Å². The summed E-state index contributed by atoms with van der Waals surface area (Å²) in [5.41, 5.74) is 2.23. The molecule has 2 amide bonds. The summed E-state index contributed by atoms with van der Waals surface area (Å²) >= 11 is 0. The van der Waals surface area contributed by atoms with E-state index in [1.807, 2.05) is 6.07 Å². The molecule has 26 heavy (non-hydrogen) atoms. The molecule has 0 unspecified atom stereocenters. The zero-order chi connectivity index (χ0) is 18.7. The molecule has 2 aromatic carbocycles. The van der Waals surface area contributed by atoms with Gasteiger partial charge in [-0.15, -0.1) is 0 Å². The Morgan fingerprint density at radius 3 is 2.77 bits per heavy atom. The van der Waals surface area contributed by atoms with Crippen molar-refractivity contribution < 1.29 is 19.2 Å². The predicted molar refractivity (Wildman–Crippen MR) is 95.4 cm³/mol. The zero-order valence-corrected chi connectivity index (χ0v) is 14.1. The number of ether oxygens (including phenoxy) is 1. The molecular weight excluding hydrogens is 338 g/mol. The molecule has 0 spiro atoms. The topological polar surface area (TPSA) is 102 Å². The van der Waals surface area contributed by atoms with E-state index >= 15 is 0 Å². The van der Waals surface area contributed by atoms with Gasteiger partial charge in [-0.3, -0.25) is 19.7 Å². The van der Waals surface area contributed by atoms with Crippen LogP contribution < -0.4 is 15.0 Å². The smallest absolute Gasteiger partial charge is 0.310 e. The molecule has 2 aromatic rings. The summed E-state index contributed by atoms with van der Waals surface area (Å²) in [5, 5.41) is 13.6. The van der Waals surface area contributed by atoms with Gasteiger partial charge >= 0.3 is 5.69 Å². The molecule has 0 saturated carbocycles. The van der Waals surface area contributed by atoms with E-state index in [0.29, 0.717) is 12.2 Å². The van der Waals surface area contributed by atoms with Gasteiger partial charge in [0.05, 0.1) is 4.92 Å². The van der Waals surface area contributed by atoms with Crippen LogP contribution >= 0.6 is 0 Å². The molecule has 0 atom stereocenters. The van der Waals surface area contributed by atoms with Crippen LogP contribution in [-0.2, 0) is 16.0 Å². The molecule has 0 saturated heterocycles. The number of nitrogens with zero attached hydrogens (tertiary/aromatic N) is 2. The van der Waals surface area contributed by atoms with E-state index < -0.39 is 10.8 Å². The van der Waals surface area contributed by atoms with E-state index in [1.54, 1.807) is 23.1 Å². The lowest BCUT2D eigenvalue weighted by atomic mass is 10.1. The summed E-state index contributed by atoms with van der Waals surface area (Å²) in [6.45, 7) is 1.80. The Morgan fingerprint density at radius 2 is 2.04 bits per heavy atom. The van der Waals surface area contributed by atoms with Gasteiger partial charge in [-0.2, -0.15) is 0 Å². The lowest BCUT2D eigenvalue weighted by molar-refractivity contribution is -0.385. The molecule has 0 aliphatic carbocycles. The summed E-state index contributed by atoms with van der Waals surface area (Å²) in [6, 6.07) is 11.2. The summed E-state index contributed by atoms with van der Waals surface area (Å²) in [4.78, 5) is 35.7. The minimum absolute atomic E-state index is 0.0154. The number of amides is 2. The van der Waals surface area contributed by atoms with E-state index in [0.717, 1.165) is 17.7 Å². The van der Waals surface area contributed by atoms with Gasteiger partial charge in [0.1, 0.15) is 0 Å². The quantitative estimate of drug-likeness (QED) is 0.656. The second kappa shape index (κ2) is 7.22. The molecule has 0 bridgehead atoms. The number of nitro groups is 1. The third-order valence-electron chi connectivity index (χ3n) is 4.06. The van der Waals surface area contributed by atoms with Gasteiger partial charge in [-0.1, -0.05) is 12.1 Å². The highest BCUT2D eigenvalue weighted by Gasteiger charge is 2.22. The van der Waals surface area contributed by atoms with Gasteiger partial charge in [0, 0.05) is 30.9 Å². The molecule has 8 nitrogen and oxygen atoms in total. The standard InChI is InChI=1S/C18H17N3O5/c1-12(22)20-9-8-13-10-14(6-7-15(13)20)19-18(23)11-26-17-5-3-2-4-16(17)21(24)25/h2-7,10H,8-9,11H2,1H3,(H,19,23). The number of nitro benzene ring substituents is 1. The predicted octanol–water partition coefficient (Wildman–Crippen LogP) is 2.52. The number of carbonyl (C=O) groups excluding carboxylic acids is 2. The number of carbonyl (C=O) groups is 2. The second-order valence-corrected chi connectivity index (χ2v) is 5.83. The molecule has 0 aromatic heterocycles. The fourth-order valence-corrected chi connectivity index (χ4v) is 2.88. The Bertz CT molecular complexity index is 881. The maximum atomic E-state index is 12.1. The first kappa shape index (κ1) is 17.4. The molecular formula is C18H17N3O5. The molecule has 1 N–H and O–H groups in total. The molecule has 3 rings (SSSR count). The normalized spacial score (nSPS) is 12.4. The van der Waals surface area contributed by atoms with E-state index in [1.165, 1.54) is 25.1 Å². The number of nitrogens with one attached hydrogen (secondary N) is 1. The van der Waals surface area contributed by atoms with Crippen molar-refractivity contribution in [2.75, 3.05) is 23.4 Å². The molecule has 0 radical (unpaired) electrons. The Morgan fingerprint density at radius 1 is 1.27 bits per heavy atom. The Kier molecular flexibility index (Phi) is 4.83. The van der Waals surface area contributed by atoms with E-state index in [4.69, 9.17) is 4.74 Å². The largest absolute Gasteiger partial charge is 0.477 e. The highest BCUT2D eigenvalue weighted by molar-refractivity contribution is 5.96. The number of fused-ring (bicyclic) bond motifs is 1. The van der Waals surface area contributed by atoms with Crippen LogP contribution in [0.2, 0.25) is 0 Å². The van der Waals surface area contributed by atoms with Crippen molar-refractivity contribution in [1.29, 1.82) is 0 Å². The number of rotatable bonds is 5. The van der Waals surface area contributed by atoms with Crippen molar-refractivity contribution in [1.82, 2.24) is 0 Å². The Labute approximate surface area is 149 Å². The highest BCUT2D eigenvalue weighted by atomic mass is 16.6. The van der Waals surface area contributed by atoms with Gasteiger partial charge < -0.3 is 15.0 Å². The van der Waals surface area contributed by atoms with Gasteiger partial charge in [0.15, 0.2) is 12.4 Å². The lowest BCUT2D eigenvalue weighted by Crippen LogP contribution is -2.25. The fourth-order valence-electron chi connectivity index (χ4n) is 2.88. The zero-order valence-electron chi connectivity index (χ0n) is 14.1. The SMILES string of the molecule is CC(=O)N1CCc2cc(NC(=O)COc3ccccc3[N+](=O)[O-])ccc21. The van der Waals surface area contributed by atoms with Crippen molar-refractivity contribution in [3.05, 3.63) is 58.1 Å². The number of hydrogen-bond acceptors (Lipinski definition) is 5. The molecule has 8 heteroatoms. The summed E-state index contributed by atoms with van der Waals surface area (Å²) in [6.07, 6.45) is 0.728. The first-order valence-corrected chi connectivity index (χ1v) is 8.03. The average molecular weight is 355 g/mol. The summed E-state index contributed by atoms with van der Waals surface area (Å²) in [5.74, 6) is -0.401. The van der Waals surface area contributed by atoms with Gasteiger partial charge in [-0.25, -0.2) is 0 Å². The molecule has 1 aliphatic heterocycles. The number of anilines is 2. The molecule has 1 aliphatic rings. The van der Waals surface area contributed by atoms with E-state index in [9.17, 15) is 19.7 Å². The summed E-state index contributed by atoms with van der Waals surface area (Å²) < 4.78 is 5.27. The first-order valence-electron chi connectivity index (χ1n) is 8.03. The van der Waals surface area contributed by atoms with Crippen molar-refractivity contribution in [3.63, 3.8) is 0 Å². The number of para-hydroxylation sites is 2. The Balaban J connectivity index is 1.63. The third-order valence-corrected chi connectivity index (χ3v) is 4.06. The van der Waals surface area contributed by atoms with Crippen LogP contribution in [0.5, 0.6) is 5.75 Å². The van der Waals surface area contributed by atoms with Gasteiger partial charge in [0.2, 0.25) is 5.91 Å². The van der Waals surface area contributed by atoms with Crippen LogP contribution in [0.25, 0.3) is 0 Å². The first-order chi connectivity index (χ1) is 12.5. The van der Waals surface area contributed by atoms with Crippen LogP contribution in [-0.4, -0.2) is 29.9 Å². The highest BCUT2D eigenvalue weighted by Crippen LogP contribution is 2.30. The number of hydrogen-bond donors (Lipinski definition) is 1. The van der Waals surface area contributed by atoms with Crippen molar-refractivity contribution in [3.8, 4) is 5.75 Å². The van der Waals surface area contributed by atoms with Crippen molar-refractivity contribution in [2.45, 2.75) is 13.3 Å². The minimum Gasteiger partial charge on any atom is -0.477 e. The lowest BCUT2D eigenvalue weighted by Gasteiger charge is -2.15. The maximum absolute atomic E-state index is 12.1. The second-order valence-electron chi connectivity index (χ2n) is 5.83. The molecule has 0 fully saturated rings. The van der Waals surface area contributed by atoms with Crippen LogP contribution in [0.1, 0.15) is 12.5 Å². The van der Waals surface area contributed by atoms with Crippen LogP contribution in [0.15, 0.2) is 42.5 Å². The monoisotopic (exact) mass is 355 g/mol. The average Bonchev–Trinajstić information content (AvgIpc) is 3.03. The van der Waals surface area contributed by atoms with Crippen LogP contribution in [0, 0.1) is 10.1 Å². The molecule has 1 heterocycles. The van der Waals surface area contributed by atoms with E-state index in [-0.39, 0.29) is 24.0 Å². The maximum Gasteiger partial charge on any atom is 0.310 e. The number of benzene rings is 2.